The molecule has 0 bridgehead atoms. The Bertz CT molecular complexity index is 588. The van der Waals surface area contributed by atoms with E-state index in [0.717, 1.165) is 5.69 Å². The highest BCUT2D eigenvalue weighted by Gasteiger charge is 2.15. The van der Waals surface area contributed by atoms with Crippen molar-refractivity contribution in [3.63, 3.8) is 0 Å². The van der Waals surface area contributed by atoms with Crippen molar-refractivity contribution in [2.24, 2.45) is 0 Å². The third-order valence-corrected chi connectivity index (χ3v) is 2.80. The first-order valence-corrected chi connectivity index (χ1v) is 6.19. The Morgan fingerprint density at radius 3 is 3.10 bits per heavy atom. The van der Waals surface area contributed by atoms with Crippen LogP contribution in [0, 0.1) is 6.92 Å². The van der Waals surface area contributed by atoms with E-state index in [1.165, 1.54) is 7.11 Å². The Labute approximate surface area is 116 Å². The summed E-state index contributed by atoms with van der Waals surface area (Å²) in [4.78, 5) is 11.5. The molecule has 0 fully saturated rings. The van der Waals surface area contributed by atoms with Crippen molar-refractivity contribution in [3.05, 3.63) is 35.5 Å². The maximum Gasteiger partial charge on any atom is 0.341 e. The number of aryl methyl sites for hydroxylation is 1. The molecule has 2 aromatic heterocycles. The molecular weight excluding hydrogens is 262 g/mol. The number of rotatable bonds is 6. The summed E-state index contributed by atoms with van der Waals surface area (Å²) >= 11 is 0. The predicted octanol–water partition coefficient (Wildman–Crippen LogP) is 1.18. The molecule has 0 amide bonds. The van der Waals surface area contributed by atoms with Gasteiger partial charge in [-0.15, -0.1) is 0 Å². The summed E-state index contributed by atoms with van der Waals surface area (Å²) in [5, 5.41) is 16.0. The average molecular weight is 279 g/mol. The lowest BCUT2D eigenvalue weighted by Crippen LogP contribution is -2.02. The molecule has 0 aliphatic carbocycles. The molecule has 2 heterocycles. The Kier molecular flexibility index (Phi) is 4.41. The summed E-state index contributed by atoms with van der Waals surface area (Å²) < 4.78 is 11.8. The van der Waals surface area contributed by atoms with Crippen LogP contribution < -0.4 is 5.32 Å². The molecule has 0 spiro atoms. The Morgan fingerprint density at radius 1 is 1.60 bits per heavy atom. The summed E-state index contributed by atoms with van der Waals surface area (Å²) in [6.07, 6.45) is 3.44. The lowest BCUT2D eigenvalue weighted by atomic mass is 10.2. The number of carbonyl (C=O) groups is 1. The van der Waals surface area contributed by atoms with E-state index in [9.17, 15) is 4.79 Å². The van der Waals surface area contributed by atoms with Crippen LogP contribution in [0.15, 0.2) is 22.9 Å². The van der Waals surface area contributed by atoms with Gasteiger partial charge in [-0.05, 0) is 13.0 Å². The van der Waals surface area contributed by atoms with Gasteiger partial charge >= 0.3 is 5.97 Å². The third-order valence-electron chi connectivity index (χ3n) is 2.80. The van der Waals surface area contributed by atoms with Crippen LogP contribution in [0.4, 0.5) is 5.69 Å². The van der Waals surface area contributed by atoms with Crippen LogP contribution in [-0.4, -0.2) is 34.6 Å². The zero-order valence-electron chi connectivity index (χ0n) is 11.4. The molecule has 20 heavy (non-hydrogen) atoms. The van der Waals surface area contributed by atoms with E-state index in [1.54, 1.807) is 30.1 Å². The molecule has 108 valence electrons. The van der Waals surface area contributed by atoms with Gasteiger partial charge in [-0.2, -0.15) is 5.10 Å². The van der Waals surface area contributed by atoms with Crippen molar-refractivity contribution < 1.29 is 19.1 Å². The smallest absolute Gasteiger partial charge is 0.341 e. The molecule has 7 nitrogen and oxygen atoms in total. The SMILES string of the molecule is COC(=O)c1cc(CNc2cnn(CCO)c2)oc1C. The second-order valence-electron chi connectivity index (χ2n) is 4.24. The lowest BCUT2D eigenvalue weighted by molar-refractivity contribution is 0.0599. The van der Waals surface area contributed by atoms with E-state index in [0.29, 0.717) is 30.2 Å². The van der Waals surface area contributed by atoms with E-state index in [1.807, 2.05) is 0 Å². The van der Waals surface area contributed by atoms with E-state index < -0.39 is 5.97 Å². The molecule has 0 aromatic carbocycles. The third kappa shape index (κ3) is 3.18. The van der Waals surface area contributed by atoms with Gasteiger partial charge in [-0.3, -0.25) is 4.68 Å². The van der Waals surface area contributed by atoms with Gasteiger partial charge < -0.3 is 19.6 Å². The van der Waals surface area contributed by atoms with Gasteiger partial charge in [0, 0.05) is 6.20 Å². The van der Waals surface area contributed by atoms with Gasteiger partial charge in [-0.1, -0.05) is 0 Å². The van der Waals surface area contributed by atoms with Gasteiger partial charge in [0.25, 0.3) is 0 Å². The molecule has 7 heteroatoms. The summed E-state index contributed by atoms with van der Waals surface area (Å²) in [5.41, 5.74) is 1.24. The van der Waals surface area contributed by atoms with E-state index in [2.05, 4.69) is 15.2 Å². The fraction of sp³-hybridized carbons (Fsp3) is 0.385. The Balaban J connectivity index is 1.98. The molecule has 0 saturated heterocycles. The number of anilines is 1. The number of furan rings is 1. The Hall–Kier alpha value is -2.28. The maximum atomic E-state index is 11.5. The van der Waals surface area contributed by atoms with Crippen LogP contribution in [0.2, 0.25) is 0 Å². The molecule has 0 atom stereocenters. The quantitative estimate of drug-likeness (QED) is 0.772. The van der Waals surface area contributed by atoms with Crippen LogP contribution >= 0.6 is 0 Å². The largest absolute Gasteiger partial charge is 0.465 e. The summed E-state index contributed by atoms with van der Waals surface area (Å²) in [7, 11) is 1.34. The second-order valence-corrected chi connectivity index (χ2v) is 4.24. The number of esters is 1. The number of carbonyl (C=O) groups excluding carboxylic acids is 1. The van der Waals surface area contributed by atoms with Crippen LogP contribution in [0.5, 0.6) is 0 Å². The topological polar surface area (TPSA) is 89.5 Å². The van der Waals surface area contributed by atoms with Gasteiger partial charge in [-0.25, -0.2) is 4.79 Å². The fourth-order valence-electron chi connectivity index (χ4n) is 1.81. The number of aromatic nitrogens is 2. The van der Waals surface area contributed by atoms with Crippen molar-refractivity contribution in [2.75, 3.05) is 19.0 Å². The highest BCUT2D eigenvalue weighted by molar-refractivity contribution is 5.90. The zero-order valence-corrected chi connectivity index (χ0v) is 11.4. The van der Waals surface area contributed by atoms with E-state index in [4.69, 9.17) is 9.52 Å². The highest BCUT2D eigenvalue weighted by atomic mass is 16.5. The molecule has 0 radical (unpaired) electrons. The number of nitrogens with one attached hydrogen (secondary N) is 1. The lowest BCUT2D eigenvalue weighted by Gasteiger charge is -1.99. The number of aliphatic hydroxyl groups excluding tert-OH is 1. The highest BCUT2D eigenvalue weighted by Crippen LogP contribution is 2.17. The number of hydrogen-bond donors (Lipinski definition) is 2. The molecule has 2 N–H and O–H groups in total. The number of hydrogen-bond acceptors (Lipinski definition) is 6. The van der Waals surface area contributed by atoms with Crippen LogP contribution in [0.1, 0.15) is 21.9 Å². The second kappa shape index (κ2) is 6.25. The molecule has 0 aliphatic heterocycles. The zero-order chi connectivity index (χ0) is 14.5. The van der Waals surface area contributed by atoms with Gasteiger partial charge in [0.1, 0.15) is 17.1 Å². The molecular formula is C13H17N3O4. The number of methoxy groups -OCH3 is 1. The van der Waals surface area contributed by atoms with E-state index >= 15 is 0 Å². The molecule has 2 rings (SSSR count). The normalized spacial score (nSPS) is 10.6. The Morgan fingerprint density at radius 2 is 2.40 bits per heavy atom. The van der Waals surface area contributed by atoms with Gasteiger partial charge in [0.05, 0.1) is 38.7 Å². The molecule has 0 aliphatic rings. The summed E-state index contributed by atoms with van der Waals surface area (Å²) in [5.74, 6) is 0.760. The van der Waals surface area contributed by atoms with Crippen molar-refractivity contribution in [3.8, 4) is 0 Å². The fourth-order valence-corrected chi connectivity index (χ4v) is 1.81. The average Bonchev–Trinajstić information content (AvgIpc) is 3.03. The summed E-state index contributed by atoms with van der Waals surface area (Å²) in [6, 6.07) is 1.66. The minimum absolute atomic E-state index is 0.0426. The van der Waals surface area contributed by atoms with E-state index in [-0.39, 0.29) is 6.61 Å². The first kappa shape index (κ1) is 14.1. The number of nitrogens with zero attached hydrogens (tertiary/aromatic N) is 2. The predicted molar refractivity (Wildman–Crippen MR) is 71.4 cm³/mol. The number of ether oxygens (including phenoxy) is 1. The maximum absolute atomic E-state index is 11.5. The molecule has 0 unspecified atom stereocenters. The molecule has 2 aromatic rings. The molecule has 0 saturated carbocycles. The van der Waals surface area contributed by atoms with Crippen LogP contribution in [-0.2, 0) is 17.8 Å². The van der Waals surface area contributed by atoms with Gasteiger partial charge in [0.2, 0.25) is 0 Å². The first-order valence-electron chi connectivity index (χ1n) is 6.19. The van der Waals surface area contributed by atoms with Crippen molar-refractivity contribution >= 4 is 11.7 Å². The van der Waals surface area contributed by atoms with Crippen LogP contribution in [0.25, 0.3) is 0 Å². The van der Waals surface area contributed by atoms with Crippen molar-refractivity contribution in [1.29, 1.82) is 0 Å². The van der Waals surface area contributed by atoms with Crippen molar-refractivity contribution in [1.82, 2.24) is 9.78 Å². The minimum Gasteiger partial charge on any atom is -0.465 e. The monoisotopic (exact) mass is 279 g/mol. The summed E-state index contributed by atoms with van der Waals surface area (Å²) in [6.45, 7) is 2.65. The van der Waals surface area contributed by atoms with Crippen LogP contribution in [0.3, 0.4) is 0 Å². The van der Waals surface area contributed by atoms with Crippen molar-refractivity contribution in [2.45, 2.75) is 20.0 Å². The van der Waals surface area contributed by atoms with Gasteiger partial charge in [0.15, 0.2) is 0 Å². The number of aliphatic hydroxyl groups is 1. The first-order chi connectivity index (χ1) is 9.63. The standard InChI is InChI=1S/C13H17N3O4/c1-9-12(13(18)19-2)5-11(20-9)7-14-10-6-15-16(8-10)3-4-17/h5-6,8,14,17H,3-4,7H2,1-2H3. The minimum atomic E-state index is -0.409.